The maximum absolute atomic E-state index is 5.16. The quantitative estimate of drug-likeness (QED) is 0.669. The molecule has 0 bridgehead atoms. The molecular weight excluding hydrogens is 212 g/mol. The van der Waals surface area contributed by atoms with E-state index in [2.05, 4.69) is 29.4 Å². The molecule has 0 fully saturated rings. The standard InChI is InChI=1S/C14H12N2O/c1-17-12-6-4-11(5-7-12)13-8-10-16-14(13)3-2-9-15-16/h2-10H,1H3. The number of benzene rings is 1. The van der Waals surface area contributed by atoms with Gasteiger partial charge in [-0.15, -0.1) is 0 Å². The molecule has 0 aliphatic heterocycles. The van der Waals surface area contributed by atoms with Gasteiger partial charge in [0.1, 0.15) is 5.75 Å². The Hall–Kier alpha value is -2.29. The Bertz CT molecular complexity index is 641. The van der Waals surface area contributed by atoms with E-state index >= 15 is 0 Å². The van der Waals surface area contributed by atoms with E-state index in [1.807, 2.05) is 28.9 Å². The lowest BCUT2D eigenvalue weighted by Gasteiger charge is -2.02. The van der Waals surface area contributed by atoms with Crippen molar-refractivity contribution in [2.45, 2.75) is 0 Å². The summed E-state index contributed by atoms with van der Waals surface area (Å²) in [4.78, 5) is 0. The van der Waals surface area contributed by atoms with Crippen LogP contribution in [-0.4, -0.2) is 16.7 Å². The van der Waals surface area contributed by atoms with Crippen LogP contribution in [0.25, 0.3) is 16.6 Å². The van der Waals surface area contributed by atoms with E-state index in [0.717, 1.165) is 11.3 Å². The molecule has 0 spiro atoms. The van der Waals surface area contributed by atoms with Crippen molar-refractivity contribution < 1.29 is 4.74 Å². The second kappa shape index (κ2) is 3.94. The SMILES string of the molecule is COc1ccc(-c2ccn3ncccc23)cc1. The van der Waals surface area contributed by atoms with Crippen LogP contribution in [0.4, 0.5) is 0 Å². The molecule has 2 aromatic heterocycles. The van der Waals surface area contributed by atoms with Crippen LogP contribution in [0.5, 0.6) is 5.75 Å². The summed E-state index contributed by atoms with van der Waals surface area (Å²) in [6.45, 7) is 0. The lowest BCUT2D eigenvalue weighted by molar-refractivity contribution is 0.415. The van der Waals surface area contributed by atoms with Gasteiger partial charge in [0.2, 0.25) is 0 Å². The molecule has 0 aliphatic rings. The number of hydrogen-bond donors (Lipinski definition) is 0. The number of hydrogen-bond acceptors (Lipinski definition) is 2. The van der Waals surface area contributed by atoms with Gasteiger partial charge in [-0.1, -0.05) is 12.1 Å². The molecule has 0 aliphatic carbocycles. The fourth-order valence-electron chi connectivity index (χ4n) is 1.96. The van der Waals surface area contributed by atoms with Gasteiger partial charge < -0.3 is 4.74 Å². The minimum Gasteiger partial charge on any atom is -0.497 e. The molecule has 3 heteroatoms. The molecule has 0 amide bonds. The van der Waals surface area contributed by atoms with Crippen molar-refractivity contribution in [3.8, 4) is 16.9 Å². The smallest absolute Gasteiger partial charge is 0.118 e. The highest BCUT2D eigenvalue weighted by atomic mass is 16.5. The number of aromatic nitrogens is 2. The third-order valence-corrected chi connectivity index (χ3v) is 2.84. The normalized spacial score (nSPS) is 10.6. The van der Waals surface area contributed by atoms with Gasteiger partial charge >= 0.3 is 0 Å². The highest BCUT2D eigenvalue weighted by Gasteiger charge is 2.04. The average Bonchev–Trinajstić information content (AvgIpc) is 2.83. The molecule has 0 saturated carbocycles. The van der Waals surface area contributed by atoms with Crippen LogP contribution in [0.1, 0.15) is 0 Å². The Morgan fingerprint density at radius 1 is 1.06 bits per heavy atom. The van der Waals surface area contributed by atoms with E-state index < -0.39 is 0 Å². The van der Waals surface area contributed by atoms with Crippen LogP contribution in [0.3, 0.4) is 0 Å². The first-order valence-electron chi connectivity index (χ1n) is 5.45. The van der Waals surface area contributed by atoms with Crippen LogP contribution in [0.15, 0.2) is 54.9 Å². The van der Waals surface area contributed by atoms with Crippen molar-refractivity contribution in [3.05, 3.63) is 54.9 Å². The predicted molar refractivity (Wildman–Crippen MR) is 67.2 cm³/mol. The fraction of sp³-hybridized carbons (Fsp3) is 0.0714. The maximum Gasteiger partial charge on any atom is 0.118 e. The van der Waals surface area contributed by atoms with E-state index in [0.29, 0.717) is 0 Å². The maximum atomic E-state index is 5.16. The first-order chi connectivity index (χ1) is 8.38. The van der Waals surface area contributed by atoms with Crippen LogP contribution in [0.2, 0.25) is 0 Å². The first kappa shape index (κ1) is 9.90. The van der Waals surface area contributed by atoms with Crippen molar-refractivity contribution >= 4 is 5.52 Å². The van der Waals surface area contributed by atoms with E-state index in [1.165, 1.54) is 11.1 Å². The zero-order valence-electron chi connectivity index (χ0n) is 9.50. The lowest BCUT2D eigenvalue weighted by Crippen LogP contribution is -1.87. The number of rotatable bonds is 2. The Morgan fingerprint density at radius 2 is 1.88 bits per heavy atom. The molecule has 0 unspecified atom stereocenters. The third-order valence-electron chi connectivity index (χ3n) is 2.84. The largest absolute Gasteiger partial charge is 0.497 e. The highest BCUT2D eigenvalue weighted by molar-refractivity contribution is 5.80. The predicted octanol–water partition coefficient (Wildman–Crippen LogP) is 3.01. The molecule has 0 atom stereocenters. The molecule has 84 valence electrons. The molecule has 2 heterocycles. The van der Waals surface area contributed by atoms with Crippen molar-refractivity contribution in [1.82, 2.24) is 9.61 Å². The topological polar surface area (TPSA) is 26.5 Å². The molecule has 0 radical (unpaired) electrons. The Labute approximate surface area is 99.3 Å². The van der Waals surface area contributed by atoms with Gasteiger partial charge in [-0.3, -0.25) is 0 Å². The zero-order chi connectivity index (χ0) is 11.7. The fourth-order valence-corrected chi connectivity index (χ4v) is 1.96. The minimum absolute atomic E-state index is 0.871. The summed E-state index contributed by atoms with van der Waals surface area (Å²) in [5.74, 6) is 0.871. The lowest BCUT2D eigenvalue weighted by atomic mass is 10.1. The summed E-state index contributed by atoms with van der Waals surface area (Å²) in [5.41, 5.74) is 3.46. The molecular formula is C14H12N2O. The Kier molecular flexibility index (Phi) is 2.29. The number of nitrogens with zero attached hydrogens (tertiary/aromatic N) is 2. The summed E-state index contributed by atoms with van der Waals surface area (Å²) < 4.78 is 7.03. The molecule has 3 aromatic rings. The average molecular weight is 224 g/mol. The Balaban J connectivity index is 2.13. The number of methoxy groups -OCH3 is 1. The molecule has 0 N–H and O–H groups in total. The van der Waals surface area contributed by atoms with Crippen LogP contribution >= 0.6 is 0 Å². The van der Waals surface area contributed by atoms with E-state index in [-0.39, 0.29) is 0 Å². The summed E-state index contributed by atoms with van der Waals surface area (Å²) in [6, 6.07) is 14.1. The van der Waals surface area contributed by atoms with Gasteiger partial charge in [-0.05, 0) is 35.9 Å². The molecule has 3 rings (SSSR count). The van der Waals surface area contributed by atoms with E-state index in [4.69, 9.17) is 4.74 Å². The van der Waals surface area contributed by atoms with E-state index in [1.54, 1.807) is 13.3 Å². The van der Waals surface area contributed by atoms with Crippen LogP contribution in [0, 0.1) is 0 Å². The van der Waals surface area contributed by atoms with Gasteiger partial charge in [0.05, 0.1) is 12.6 Å². The van der Waals surface area contributed by atoms with Gasteiger partial charge in [0.15, 0.2) is 0 Å². The zero-order valence-corrected chi connectivity index (χ0v) is 9.50. The van der Waals surface area contributed by atoms with Gasteiger partial charge in [0, 0.05) is 18.0 Å². The summed E-state index contributed by atoms with van der Waals surface area (Å²) in [5, 5.41) is 4.25. The highest BCUT2D eigenvalue weighted by Crippen LogP contribution is 2.26. The van der Waals surface area contributed by atoms with Gasteiger partial charge in [-0.25, -0.2) is 4.52 Å². The van der Waals surface area contributed by atoms with Gasteiger partial charge in [-0.2, -0.15) is 5.10 Å². The molecule has 0 saturated heterocycles. The first-order valence-corrected chi connectivity index (χ1v) is 5.45. The van der Waals surface area contributed by atoms with Gasteiger partial charge in [0.25, 0.3) is 0 Å². The summed E-state index contributed by atoms with van der Waals surface area (Å²) in [6.07, 6.45) is 3.75. The van der Waals surface area contributed by atoms with E-state index in [9.17, 15) is 0 Å². The number of ether oxygens (including phenoxy) is 1. The Morgan fingerprint density at radius 3 is 2.65 bits per heavy atom. The van der Waals surface area contributed by atoms with Crippen molar-refractivity contribution in [3.63, 3.8) is 0 Å². The van der Waals surface area contributed by atoms with Crippen molar-refractivity contribution in [1.29, 1.82) is 0 Å². The minimum atomic E-state index is 0.871. The van der Waals surface area contributed by atoms with Crippen LogP contribution in [-0.2, 0) is 0 Å². The number of fused-ring (bicyclic) bond motifs is 1. The van der Waals surface area contributed by atoms with Crippen LogP contribution < -0.4 is 4.74 Å². The third kappa shape index (κ3) is 1.65. The van der Waals surface area contributed by atoms with Crippen molar-refractivity contribution in [2.75, 3.05) is 7.11 Å². The second-order valence-electron chi connectivity index (χ2n) is 3.81. The molecule has 1 aromatic carbocycles. The summed E-state index contributed by atoms with van der Waals surface area (Å²) >= 11 is 0. The molecule has 3 nitrogen and oxygen atoms in total. The second-order valence-corrected chi connectivity index (χ2v) is 3.81. The monoisotopic (exact) mass is 224 g/mol. The molecule has 17 heavy (non-hydrogen) atoms. The summed E-state index contributed by atoms with van der Waals surface area (Å²) in [7, 11) is 1.67. The van der Waals surface area contributed by atoms with Crippen molar-refractivity contribution in [2.24, 2.45) is 0 Å².